The number of piperazine rings is 1. The van der Waals surface area contributed by atoms with E-state index in [2.05, 4.69) is 10.2 Å². The third-order valence-corrected chi connectivity index (χ3v) is 5.83. The molecule has 0 spiro atoms. The molecule has 1 saturated heterocycles. The van der Waals surface area contributed by atoms with Crippen molar-refractivity contribution in [2.45, 2.75) is 57.2 Å². The first-order valence-corrected chi connectivity index (χ1v) is 9.19. The fraction of sp³-hybridized carbons (Fsp3) is 0.684. The zero-order valence-corrected chi connectivity index (χ0v) is 16.5. The molecule has 1 aliphatic carbocycles. The second-order valence-electron chi connectivity index (χ2n) is 7.89. The average Bonchev–Trinajstić information content (AvgIpc) is 2.51. The first kappa shape index (κ1) is 23.3. The molecule has 1 saturated carbocycles. The van der Waals surface area contributed by atoms with E-state index >= 15 is 0 Å². The van der Waals surface area contributed by atoms with Gasteiger partial charge in [-0.25, -0.2) is 0 Å². The van der Waals surface area contributed by atoms with Gasteiger partial charge in [-0.3, -0.25) is 4.90 Å². The Hall–Kier alpha value is -0.990. The Morgan fingerprint density at radius 1 is 1.00 bits per heavy atom. The number of halogens is 7. The van der Waals surface area contributed by atoms with E-state index in [1.807, 2.05) is 13.8 Å². The Kier molecular flexibility index (Phi) is 6.99. The summed E-state index contributed by atoms with van der Waals surface area (Å²) in [4.78, 5) is 2.15. The molecule has 1 unspecified atom stereocenters. The van der Waals surface area contributed by atoms with Gasteiger partial charge in [0.2, 0.25) is 0 Å². The number of benzene rings is 1. The van der Waals surface area contributed by atoms with Gasteiger partial charge in [0, 0.05) is 31.2 Å². The fourth-order valence-corrected chi connectivity index (χ4v) is 4.23. The molecule has 2 aliphatic rings. The number of hydrogen-bond acceptors (Lipinski definition) is 2. The largest absolute Gasteiger partial charge is 0.416 e. The van der Waals surface area contributed by atoms with Crippen molar-refractivity contribution < 1.29 is 26.3 Å². The minimum absolute atomic E-state index is 0. The van der Waals surface area contributed by atoms with Crippen molar-refractivity contribution in [3.8, 4) is 0 Å². The third-order valence-electron chi connectivity index (χ3n) is 5.83. The SMILES string of the molecule is C[C@@H]1CN[C@@H](C)CN1C(c1ccc(C(F)(F)F)cc1)C1CC(C(F)(F)F)C1.Cl. The Balaban J connectivity index is 0.00000280. The summed E-state index contributed by atoms with van der Waals surface area (Å²) in [5.41, 5.74) is -0.0805. The molecule has 0 bridgehead atoms. The molecule has 28 heavy (non-hydrogen) atoms. The summed E-state index contributed by atoms with van der Waals surface area (Å²) in [6.07, 6.45) is -8.58. The maximum atomic E-state index is 13.0. The molecule has 2 fully saturated rings. The van der Waals surface area contributed by atoms with Gasteiger partial charge >= 0.3 is 12.4 Å². The van der Waals surface area contributed by atoms with E-state index in [1.165, 1.54) is 12.1 Å². The van der Waals surface area contributed by atoms with Crippen molar-refractivity contribution in [2.24, 2.45) is 11.8 Å². The predicted molar refractivity (Wildman–Crippen MR) is 97.3 cm³/mol. The van der Waals surface area contributed by atoms with E-state index in [0.29, 0.717) is 18.7 Å². The molecule has 2 nitrogen and oxygen atoms in total. The van der Waals surface area contributed by atoms with Gasteiger partial charge in [-0.1, -0.05) is 12.1 Å². The average molecular weight is 431 g/mol. The van der Waals surface area contributed by atoms with Crippen LogP contribution in [-0.4, -0.2) is 36.2 Å². The molecule has 9 heteroatoms. The highest BCUT2D eigenvalue weighted by Gasteiger charge is 2.51. The van der Waals surface area contributed by atoms with Crippen molar-refractivity contribution in [3.05, 3.63) is 35.4 Å². The van der Waals surface area contributed by atoms with Crippen molar-refractivity contribution in [2.75, 3.05) is 13.1 Å². The minimum Gasteiger partial charge on any atom is -0.311 e. The van der Waals surface area contributed by atoms with Crippen molar-refractivity contribution >= 4 is 12.4 Å². The molecule has 0 aromatic heterocycles. The van der Waals surface area contributed by atoms with Crippen LogP contribution in [0.3, 0.4) is 0 Å². The van der Waals surface area contributed by atoms with Gasteiger partial charge in [0.25, 0.3) is 0 Å². The molecule has 0 amide bonds. The number of rotatable bonds is 3. The highest BCUT2D eigenvalue weighted by molar-refractivity contribution is 5.85. The monoisotopic (exact) mass is 430 g/mol. The molecule has 1 aliphatic heterocycles. The molecule has 3 rings (SSSR count). The van der Waals surface area contributed by atoms with Crippen LogP contribution in [0.4, 0.5) is 26.3 Å². The first-order chi connectivity index (χ1) is 12.5. The van der Waals surface area contributed by atoms with Gasteiger partial charge in [0.1, 0.15) is 0 Å². The summed E-state index contributed by atoms with van der Waals surface area (Å²) in [6, 6.07) is 4.87. The Bertz CT molecular complexity index is 639. The highest BCUT2D eigenvalue weighted by Crippen LogP contribution is 2.51. The number of nitrogens with zero attached hydrogens (tertiary/aromatic N) is 1. The standard InChI is InChI=1S/C19H24F6N2.ClH/c1-11-10-27(12(2)9-26-11)17(14-7-16(8-14)19(23,24)25)13-3-5-15(6-4-13)18(20,21)22;/h3-6,11-12,14,16-17,26H,7-10H2,1-2H3;1H/t11-,12+,14?,16?,17?;/m0./s1. The van der Waals surface area contributed by atoms with Crippen molar-refractivity contribution in [1.29, 1.82) is 0 Å². The van der Waals surface area contributed by atoms with E-state index in [9.17, 15) is 26.3 Å². The summed E-state index contributed by atoms with van der Waals surface area (Å²) in [6.45, 7) is 5.35. The van der Waals surface area contributed by atoms with Crippen LogP contribution in [0.1, 0.15) is 43.9 Å². The summed E-state index contributed by atoms with van der Waals surface area (Å²) in [7, 11) is 0. The molecule has 1 N–H and O–H groups in total. The Morgan fingerprint density at radius 3 is 2.07 bits per heavy atom. The highest BCUT2D eigenvalue weighted by atomic mass is 35.5. The zero-order chi connectivity index (χ0) is 20.0. The molecule has 1 aromatic carbocycles. The first-order valence-electron chi connectivity index (χ1n) is 9.19. The van der Waals surface area contributed by atoms with Crippen LogP contribution in [0.25, 0.3) is 0 Å². The van der Waals surface area contributed by atoms with Gasteiger partial charge in [0.05, 0.1) is 11.5 Å². The van der Waals surface area contributed by atoms with Crippen LogP contribution >= 0.6 is 12.4 Å². The van der Waals surface area contributed by atoms with E-state index in [4.69, 9.17) is 0 Å². The summed E-state index contributed by atoms with van der Waals surface area (Å²) in [5, 5.41) is 3.33. The number of alkyl halides is 6. The van der Waals surface area contributed by atoms with Crippen molar-refractivity contribution in [1.82, 2.24) is 10.2 Å². The molecule has 3 atom stereocenters. The van der Waals surface area contributed by atoms with Crippen LogP contribution in [-0.2, 0) is 6.18 Å². The molecule has 1 aromatic rings. The summed E-state index contributed by atoms with van der Waals surface area (Å²) < 4.78 is 77.5. The molecular weight excluding hydrogens is 406 g/mol. The van der Waals surface area contributed by atoms with Crippen LogP contribution in [0.15, 0.2) is 24.3 Å². The van der Waals surface area contributed by atoms with Gasteiger partial charge in [-0.2, -0.15) is 26.3 Å². The Morgan fingerprint density at radius 2 is 1.57 bits per heavy atom. The lowest BCUT2D eigenvalue weighted by molar-refractivity contribution is -0.211. The van der Waals surface area contributed by atoms with Crippen LogP contribution in [0, 0.1) is 11.8 Å². The zero-order valence-electron chi connectivity index (χ0n) is 15.6. The van der Waals surface area contributed by atoms with Gasteiger partial charge in [-0.05, 0) is 50.3 Å². The minimum atomic E-state index is -4.43. The number of hydrogen-bond donors (Lipinski definition) is 1. The molecule has 160 valence electrons. The number of nitrogens with one attached hydrogen (secondary N) is 1. The van der Waals surface area contributed by atoms with E-state index < -0.39 is 23.8 Å². The Labute approximate surface area is 167 Å². The van der Waals surface area contributed by atoms with Crippen LogP contribution < -0.4 is 5.32 Å². The van der Waals surface area contributed by atoms with Crippen LogP contribution in [0.2, 0.25) is 0 Å². The van der Waals surface area contributed by atoms with E-state index in [1.54, 1.807) is 0 Å². The fourth-order valence-electron chi connectivity index (χ4n) is 4.23. The second kappa shape index (κ2) is 8.40. The van der Waals surface area contributed by atoms with Crippen LogP contribution in [0.5, 0.6) is 0 Å². The van der Waals surface area contributed by atoms with Crippen molar-refractivity contribution in [3.63, 3.8) is 0 Å². The van der Waals surface area contributed by atoms with Gasteiger partial charge < -0.3 is 5.32 Å². The topological polar surface area (TPSA) is 15.3 Å². The molecule has 0 radical (unpaired) electrons. The lowest BCUT2D eigenvalue weighted by atomic mass is 9.68. The second-order valence-corrected chi connectivity index (χ2v) is 7.89. The maximum absolute atomic E-state index is 13.0. The maximum Gasteiger partial charge on any atom is 0.416 e. The van der Waals surface area contributed by atoms with E-state index in [0.717, 1.165) is 12.1 Å². The molecular formula is C19H25ClF6N2. The van der Waals surface area contributed by atoms with Gasteiger partial charge in [0.15, 0.2) is 0 Å². The smallest absolute Gasteiger partial charge is 0.311 e. The van der Waals surface area contributed by atoms with Gasteiger partial charge in [-0.15, -0.1) is 12.4 Å². The summed E-state index contributed by atoms with van der Waals surface area (Å²) >= 11 is 0. The lowest BCUT2D eigenvalue weighted by Gasteiger charge is -2.50. The summed E-state index contributed by atoms with van der Waals surface area (Å²) in [5.74, 6) is -1.52. The quantitative estimate of drug-likeness (QED) is 0.642. The van der Waals surface area contributed by atoms with E-state index in [-0.39, 0.29) is 49.3 Å². The predicted octanol–water partition coefficient (Wildman–Crippen LogP) is 5.44. The normalized spacial score (nSPS) is 30.3. The lowest BCUT2D eigenvalue weighted by Crippen LogP contribution is -2.57. The third kappa shape index (κ3) is 4.94. The molecule has 1 heterocycles.